The van der Waals surface area contributed by atoms with Gasteiger partial charge in [0.1, 0.15) is 11.4 Å². The fourth-order valence-corrected chi connectivity index (χ4v) is 5.82. The van der Waals surface area contributed by atoms with Crippen LogP contribution in [0.15, 0.2) is 48.5 Å². The summed E-state index contributed by atoms with van der Waals surface area (Å²) >= 11 is 0. The van der Waals surface area contributed by atoms with E-state index in [2.05, 4.69) is 5.32 Å². The summed E-state index contributed by atoms with van der Waals surface area (Å²) in [6.45, 7) is -0.439. The van der Waals surface area contributed by atoms with Gasteiger partial charge >= 0.3 is 5.97 Å². The number of fused-ring (bicyclic) bond motifs is 1. The minimum absolute atomic E-state index is 0.183. The number of para-hydroxylation sites is 2. The van der Waals surface area contributed by atoms with Crippen molar-refractivity contribution in [3.63, 3.8) is 0 Å². The lowest BCUT2D eigenvalue weighted by Crippen LogP contribution is -2.61. The van der Waals surface area contributed by atoms with E-state index in [0.29, 0.717) is 42.6 Å². The van der Waals surface area contributed by atoms with E-state index in [0.717, 1.165) is 25.7 Å². The molecule has 2 saturated carbocycles. The lowest BCUT2D eigenvalue weighted by atomic mass is 9.79. The van der Waals surface area contributed by atoms with E-state index in [-0.39, 0.29) is 11.7 Å². The van der Waals surface area contributed by atoms with E-state index in [1.54, 1.807) is 29.2 Å². The van der Waals surface area contributed by atoms with Crippen LogP contribution < -0.4 is 10.2 Å². The number of carbonyl (C=O) groups is 3. The molecule has 2 amide bonds. The third-order valence-electron chi connectivity index (χ3n) is 7.50. The van der Waals surface area contributed by atoms with E-state index >= 15 is 0 Å². The Balaban J connectivity index is 1.40. The van der Waals surface area contributed by atoms with Gasteiger partial charge in [0, 0.05) is 0 Å². The molecule has 0 saturated heterocycles. The van der Waals surface area contributed by atoms with Crippen LogP contribution in [-0.2, 0) is 24.5 Å². The van der Waals surface area contributed by atoms with Gasteiger partial charge in [0.15, 0.2) is 6.61 Å². The summed E-state index contributed by atoms with van der Waals surface area (Å²) in [6, 6.07) is 13.2. The highest BCUT2D eigenvalue weighted by Gasteiger charge is 2.52. The number of amides is 2. The molecule has 0 atom stereocenters. The Bertz CT molecular complexity index is 1090. The first-order valence-corrected chi connectivity index (χ1v) is 11.6. The minimum Gasteiger partial charge on any atom is -0.455 e. The fraction of sp³-hybridized carbons (Fsp3) is 0.423. The zero-order valence-electron chi connectivity index (χ0n) is 18.4. The number of ether oxygens (including phenoxy) is 1. The van der Waals surface area contributed by atoms with E-state index in [9.17, 15) is 18.8 Å². The van der Waals surface area contributed by atoms with Crippen molar-refractivity contribution in [1.29, 1.82) is 0 Å². The van der Waals surface area contributed by atoms with Crippen LogP contribution in [0, 0.1) is 5.82 Å². The van der Waals surface area contributed by atoms with Crippen LogP contribution >= 0.6 is 0 Å². The summed E-state index contributed by atoms with van der Waals surface area (Å²) in [6.07, 6.45) is 5.79. The highest BCUT2D eigenvalue weighted by molar-refractivity contribution is 6.15. The molecule has 6 nitrogen and oxygen atoms in total. The third-order valence-corrected chi connectivity index (χ3v) is 7.50. The molecule has 2 aromatic rings. The van der Waals surface area contributed by atoms with Crippen molar-refractivity contribution in [2.45, 2.75) is 62.3 Å². The van der Waals surface area contributed by atoms with Gasteiger partial charge < -0.3 is 10.1 Å². The first-order valence-electron chi connectivity index (χ1n) is 11.6. The zero-order chi connectivity index (χ0) is 23.1. The molecule has 0 bridgehead atoms. The first kappa shape index (κ1) is 21.6. The number of rotatable bonds is 4. The van der Waals surface area contributed by atoms with Gasteiger partial charge in [-0.25, -0.2) is 4.39 Å². The molecule has 33 heavy (non-hydrogen) atoms. The third kappa shape index (κ3) is 3.50. The second kappa shape index (κ2) is 8.28. The summed E-state index contributed by atoms with van der Waals surface area (Å²) in [5, 5.41) is 2.95. The van der Waals surface area contributed by atoms with Crippen LogP contribution in [-0.4, -0.2) is 29.9 Å². The predicted molar refractivity (Wildman–Crippen MR) is 121 cm³/mol. The Hall–Kier alpha value is -3.22. The van der Waals surface area contributed by atoms with Gasteiger partial charge in [0.05, 0.1) is 16.8 Å². The average Bonchev–Trinajstić information content (AvgIpc) is 3.50. The highest BCUT2D eigenvalue weighted by Crippen LogP contribution is 2.46. The maximum Gasteiger partial charge on any atom is 0.317 e. The Morgan fingerprint density at radius 3 is 2.27 bits per heavy atom. The maximum absolute atomic E-state index is 13.5. The summed E-state index contributed by atoms with van der Waals surface area (Å²) in [7, 11) is 0. The molecule has 0 radical (unpaired) electrons. The molecule has 0 unspecified atom stereocenters. The second-order valence-electron chi connectivity index (χ2n) is 9.31. The molecule has 7 heteroatoms. The molecule has 3 aliphatic rings. The molecular weight excluding hydrogens is 423 g/mol. The fourth-order valence-electron chi connectivity index (χ4n) is 5.82. The molecule has 2 aliphatic carbocycles. The van der Waals surface area contributed by atoms with Gasteiger partial charge in [-0.15, -0.1) is 0 Å². The van der Waals surface area contributed by atoms with Crippen molar-refractivity contribution < 1.29 is 23.5 Å². The number of esters is 1. The average molecular weight is 451 g/mol. The van der Waals surface area contributed by atoms with Gasteiger partial charge in [-0.1, -0.05) is 49.9 Å². The number of benzene rings is 2. The van der Waals surface area contributed by atoms with Crippen LogP contribution in [0.2, 0.25) is 0 Å². The smallest absolute Gasteiger partial charge is 0.317 e. The SMILES string of the molecule is O=C(COC(=O)C1(c2ccc(F)cc2)CCCC1)N1c2ccccc2NC(=O)C12CCCC2. The van der Waals surface area contributed by atoms with Gasteiger partial charge in [-0.2, -0.15) is 0 Å². The zero-order valence-corrected chi connectivity index (χ0v) is 18.4. The molecule has 2 aromatic carbocycles. The van der Waals surface area contributed by atoms with E-state index in [1.165, 1.54) is 12.1 Å². The van der Waals surface area contributed by atoms with Crippen LogP contribution in [0.1, 0.15) is 56.9 Å². The maximum atomic E-state index is 13.5. The topological polar surface area (TPSA) is 75.7 Å². The standard InChI is InChI=1S/C26H27FN2O4/c27-19-11-9-18(10-12-19)25(13-3-4-14-25)24(32)33-17-22(30)29-21-8-2-1-7-20(21)28-23(31)26(29)15-5-6-16-26/h1-2,7-12H,3-6,13-17H2,(H,28,31). The van der Waals surface area contributed by atoms with Gasteiger partial charge in [-0.3, -0.25) is 19.3 Å². The van der Waals surface area contributed by atoms with Gasteiger partial charge in [0.2, 0.25) is 0 Å². The van der Waals surface area contributed by atoms with E-state index in [1.807, 2.05) is 12.1 Å². The lowest BCUT2D eigenvalue weighted by Gasteiger charge is -2.44. The van der Waals surface area contributed by atoms with Crippen LogP contribution in [0.25, 0.3) is 0 Å². The van der Waals surface area contributed by atoms with Crippen LogP contribution in [0.5, 0.6) is 0 Å². The van der Waals surface area contributed by atoms with Crippen molar-refractivity contribution >= 4 is 29.2 Å². The van der Waals surface area contributed by atoms with Crippen molar-refractivity contribution in [2.75, 3.05) is 16.8 Å². The number of nitrogens with zero attached hydrogens (tertiary/aromatic N) is 1. The number of hydrogen-bond acceptors (Lipinski definition) is 4. The van der Waals surface area contributed by atoms with Crippen molar-refractivity contribution in [1.82, 2.24) is 0 Å². The highest BCUT2D eigenvalue weighted by atomic mass is 19.1. The molecule has 2 fully saturated rings. The lowest BCUT2D eigenvalue weighted by molar-refractivity contribution is -0.154. The molecular formula is C26H27FN2O4. The molecule has 1 heterocycles. The van der Waals surface area contributed by atoms with Gasteiger partial charge in [0.25, 0.3) is 11.8 Å². The molecule has 0 aromatic heterocycles. The first-order chi connectivity index (χ1) is 16.0. The molecule has 1 aliphatic heterocycles. The van der Waals surface area contributed by atoms with Gasteiger partial charge in [-0.05, 0) is 55.5 Å². The molecule has 1 spiro atoms. The summed E-state index contributed by atoms with van der Waals surface area (Å²) in [4.78, 5) is 41.4. The molecule has 1 N–H and O–H groups in total. The Labute approximate surface area is 192 Å². The monoisotopic (exact) mass is 450 g/mol. The number of anilines is 2. The number of nitrogens with one attached hydrogen (secondary N) is 1. The van der Waals surface area contributed by atoms with Crippen molar-refractivity contribution in [3.05, 3.63) is 59.9 Å². The number of halogens is 1. The minimum atomic E-state index is -0.945. The molecule has 5 rings (SSSR count). The van der Waals surface area contributed by atoms with Crippen molar-refractivity contribution in [3.8, 4) is 0 Å². The van der Waals surface area contributed by atoms with E-state index in [4.69, 9.17) is 4.74 Å². The summed E-state index contributed by atoms with van der Waals surface area (Å²) in [5.41, 5.74) is 0.122. The normalized spacial score (nSPS) is 20.4. The Kier molecular flexibility index (Phi) is 5.43. The second-order valence-corrected chi connectivity index (χ2v) is 9.31. The number of carbonyl (C=O) groups excluding carboxylic acids is 3. The van der Waals surface area contributed by atoms with E-state index < -0.39 is 29.4 Å². The summed E-state index contributed by atoms with van der Waals surface area (Å²) in [5.74, 6) is -1.41. The largest absolute Gasteiger partial charge is 0.455 e. The predicted octanol–water partition coefficient (Wildman–Crippen LogP) is 4.48. The Morgan fingerprint density at radius 1 is 0.939 bits per heavy atom. The Morgan fingerprint density at radius 2 is 1.58 bits per heavy atom. The van der Waals surface area contributed by atoms with Crippen molar-refractivity contribution in [2.24, 2.45) is 0 Å². The molecule has 172 valence electrons. The summed E-state index contributed by atoms with van der Waals surface area (Å²) < 4.78 is 19.1. The van der Waals surface area contributed by atoms with Crippen LogP contribution in [0.3, 0.4) is 0 Å². The quantitative estimate of drug-likeness (QED) is 0.697. The number of hydrogen-bond donors (Lipinski definition) is 1. The van der Waals surface area contributed by atoms with Crippen LogP contribution in [0.4, 0.5) is 15.8 Å².